The van der Waals surface area contributed by atoms with E-state index in [2.05, 4.69) is 0 Å². The molecule has 0 amide bonds. The number of rotatable bonds is 2. The third kappa shape index (κ3) is 2.41. The monoisotopic (exact) mass is 266 g/mol. The van der Waals surface area contributed by atoms with Gasteiger partial charge in [0.05, 0.1) is 10.6 Å². The van der Waals surface area contributed by atoms with Gasteiger partial charge < -0.3 is 0 Å². The molecule has 0 aliphatic rings. The summed E-state index contributed by atoms with van der Waals surface area (Å²) in [6.45, 7) is 1.29. The van der Waals surface area contributed by atoms with Crippen molar-refractivity contribution in [1.82, 2.24) is 0 Å². The third-order valence-electron chi connectivity index (χ3n) is 2.59. The van der Waals surface area contributed by atoms with Gasteiger partial charge in [-0.05, 0) is 42.8 Å². The second kappa shape index (κ2) is 4.86. The summed E-state index contributed by atoms with van der Waals surface area (Å²) in [4.78, 5) is 11.3. The molecule has 2 aromatic carbocycles. The van der Waals surface area contributed by atoms with Gasteiger partial charge in [-0.25, -0.2) is 8.78 Å². The van der Waals surface area contributed by atoms with Crippen molar-refractivity contribution >= 4 is 17.4 Å². The van der Waals surface area contributed by atoms with Crippen LogP contribution in [0.5, 0.6) is 0 Å². The minimum atomic E-state index is -0.579. The van der Waals surface area contributed by atoms with E-state index in [0.717, 1.165) is 0 Å². The second-order valence-electron chi connectivity index (χ2n) is 3.87. The van der Waals surface area contributed by atoms with Crippen LogP contribution in [0.2, 0.25) is 5.02 Å². The third-order valence-corrected chi connectivity index (χ3v) is 2.90. The number of Topliss-reactive ketones (excluding diaryl/α,β-unsaturated/α-hetero) is 1. The van der Waals surface area contributed by atoms with E-state index in [1.165, 1.54) is 43.3 Å². The number of carbonyl (C=O) groups excluding carboxylic acids is 1. The average Bonchev–Trinajstić information content (AvgIpc) is 2.30. The molecule has 18 heavy (non-hydrogen) atoms. The maximum Gasteiger partial charge on any atom is 0.162 e. The molecule has 0 aliphatic heterocycles. The van der Waals surface area contributed by atoms with E-state index in [4.69, 9.17) is 11.6 Å². The van der Waals surface area contributed by atoms with Gasteiger partial charge in [0.1, 0.15) is 11.6 Å². The van der Waals surface area contributed by atoms with Crippen LogP contribution in [0.1, 0.15) is 17.3 Å². The largest absolute Gasteiger partial charge is 0.294 e. The molecule has 0 saturated heterocycles. The van der Waals surface area contributed by atoms with E-state index in [-0.39, 0.29) is 16.4 Å². The summed E-state index contributed by atoms with van der Waals surface area (Å²) in [5, 5.41) is 0.219. The molecule has 0 fully saturated rings. The van der Waals surface area contributed by atoms with Crippen LogP contribution in [0.3, 0.4) is 0 Å². The maximum atomic E-state index is 13.4. The zero-order chi connectivity index (χ0) is 13.3. The van der Waals surface area contributed by atoms with E-state index in [1.807, 2.05) is 0 Å². The van der Waals surface area contributed by atoms with E-state index >= 15 is 0 Å². The number of halogens is 3. The van der Waals surface area contributed by atoms with Crippen molar-refractivity contribution in [3.05, 3.63) is 58.6 Å². The van der Waals surface area contributed by atoms with Gasteiger partial charge >= 0.3 is 0 Å². The normalized spacial score (nSPS) is 10.4. The van der Waals surface area contributed by atoms with Crippen LogP contribution in [-0.2, 0) is 0 Å². The number of ketones is 1. The Labute approximate surface area is 108 Å². The predicted molar refractivity (Wildman–Crippen MR) is 66.8 cm³/mol. The summed E-state index contributed by atoms with van der Waals surface area (Å²) in [6.07, 6.45) is 0. The lowest BCUT2D eigenvalue weighted by Gasteiger charge is -2.07. The Morgan fingerprint density at radius 2 is 1.83 bits per heavy atom. The van der Waals surface area contributed by atoms with Crippen molar-refractivity contribution in [3.63, 3.8) is 0 Å². The molecule has 0 spiro atoms. The molecule has 92 valence electrons. The predicted octanol–water partition coefficient (Wildman–Crippen LogP) is 4.49. The lowest BCUT2D eigenvalue weighted by molar-refractivity contribution is 0.101. The number of hydrogen-bond acceptors (Lipinski definition) is 1. The smallest absolute Gasteiger partial charge is 0.162 e. The van der Waals surface area contributed by atoms with Crippen LogP contribution < -0.4 is 0 Å². The summed E-state index contributed by atoms with van der Waals surface area (Å²) >= 11 is 5.92. The van der Waals surface area contributed by atoms with Crippen molar-refractivity contribution in [3.8, 4) is 11.1 Å². The number of benzene rings is 2. The fourth-order valence-corrected chi connectivity index (χ4v) is 1.96. The first-order valence-corrected chi connectivity index (χ1v) is 5.63. The molecule has 2 aromatic rings. The summed E-state index contributed by atoms with van der Waals surface area (Å²) in [6, 6.07) is 8.05. The van der Waals surface area contributed by atoms with E-state index in [0.29, 0.717) is 11.1 Å². The molecule has 0 bridgehead atoms. The van der Waals surface area contributed by atoms with Crippen LogP contribution in [0.4, 0.5) is 8.78 Å². The highest BCUT2D eigenvalue weighted by Crippen LogP contribution is 2.29. The summed E-state index contributed by atoms with van der Waals surface area (Å²) in [5.41, 5.74) is 1.13. The average molecular weight is 267 g/mol. The van der Waals surface area contributed by atoms with Crippen LogP contribution in [0, 0.1) is 11.6 Å². The SMILES string of the molecule is CC(=O)c1cc(-c2ccc(F)cc2Cl)ccc1F. The summed E-state index contributed by atoms with van der Waals surface area (Å²) in [7, 11) is 0. The standard InChI is InChI=1S/C14H9ClF2O/c1-8(18)12-6-9(2-5-14(12)17)11-4-3-10(16)7-13(11)15/h2-7H,1H3. The molecule has 0 saturated carbocycles. The second-order valence-corrected chi connectivity index (χ2v) is 4.28. The Morgan fingerprint density at radius 3 is 2.44 bits per heavy atom. The molecule has 2 rings (SSSR count). The zero-order valence-electron chi connectivity index (χ0n) is 9.51. The van der Waals surface area contributed by atoms with Crippen LogP contribution in [-0.4, -0.2) is 5.78 Å². The van der Waals surface area contributed by atoms with Crippen molar-refractivity contribution in [2.45, 2.75) is 6.92 Å². The van der Waals surface area contributed by atoms with Crippen LogP contribution in [0.15, 0.2) is 36.4 Å². The van der Waals surface area contributed by atoms with E-state index in [1.54, 1.807) is 0 Å². The minimum Gasteiger partial charge on any atom is -0.294 e. The van der Waals surface area contributed by atoms with Crippen molar-refractivity contribution in [2.75, 3.05) is 0 Å². The van der Waals surface area contributed by atoms with Gasteiger partial charge in [-0.3, -0.25) is 4.79 Å². The maximum absolute atomic E-state index is 13.4. The lowest BCUT2D eigenvalue weighted by Crippen LogP contribution is -1.97. The van der Waals surface area contributed by atoms with E-state index < -0.39 is 11.6 Å². The van der Waals surface area contributed by atoms with Crippen molar-refractivity contribution in [2.24, 2.45) is 0 Å². The first-order chi connectivity index (χ1) is 8.49. The molecule has 4 heteroatoms. The van der Waals surface area contributed by atoms with Gasteiger partial charge in [-0.1, -0.05) is 17.7 Å². The first-order valence-electron chi connectivity index (χ1n) is 5.25. The Morgan fingerprint density at radius 1 is 1.11 bits per heavy atom. The Bertz CT molecular complexity index is 623. The lowest BCUT2D eigenvalue weighted by atomic mass is 10.0. The first kappa shape index (κ1) is 12.7. The van der Waals surface area contributed by atoms with Crippen LogP contribution in [0.25, 0.3) is 11.1 Å². The molecule has 0 radical (unpaired) electrons. The molecule has 0 unspecified atom stereocenters. The fourth-order valence-electron chi connectivity index (χ4n) is 1.69. The van der Waals surface area contributed by atoms with Gasteiger partial charge in [0.25, 0.3) is 0 Å². The van der Waals surface area contributed by atoms with Gasteiger partial charge in [-0.2, -0.15) is 0 Å². The topological polar surface area (TPSA) is 17.1 Å². The van der Waals surface area contributed by atoms with Gasteiger partial charge in [-0.15, -0.1) is 0 Å². The Hall–Kier alpha value is -1.74. The molecule has 0 aliphatic carbocycles. The van der Waals surface area contributed by atoms with Crippen molar-refractivity contribution < 1.29 is 13.6 Å². The quantitative estimate of drug-likeness (QED) is 0.732. The summed E-state index contributed by atoms with van der Waals surface area (Å²) < 4.78 is 26.3. The molecular weight excluding hydrogens is 258 g/mol. The van der Waals surface area contributed by atoms with Gasteiger partial charge in [0.2, 0.25) is 0 Å². The molecule has 0 heterocycles. The number of carbonyl (C=O) groups is 1. The van der Waals surface area contributed by atoms with E-state index in [9.17, 15) is 13.6 Å². The highest BCUT2D eigenvalue weighted by atomic mass is 35.5. The molecule has 0 N–H and O–H groups in total. The molecular formula is C14H9ClF2O. The fraction of sp³-hybridized carbons (Fsp3) is 0.0714. The molecule has 1 nitrogen and oxygen atoms in total. The van der Waals surface area contributed by atoms with Crippen LogP contribution >= 0.6 is 11.6 Å². The Kier molecular flexibility index (Phi) is 3.43. The van der Waals surface area contributed by atoms with Crippen molar-refractivity contribution in [1.29, 1.82) is 0 Å². The number of hydrogen-bond donors (Lipinski definition) is 0. The Balaban J connectivity index is 2.58. The molecule has 0 atom stereocenters. The van der Waals surface area contributed by atoms with Gasteiger partial charge in [0, 0.05) is 5.56 Å². The minimum absolute atomic E-state index is 0.00658. The molecule has 0 aromatic heterocycles. The van der Waals surface area contributed by atoms with Gasteiger partial charge in [0.15, 0.2) is 5.78 Å². The highest BCUT2D eigenvalue weighted by Gasteiger charge is 2.11. The zero-order valence-corrected chi connectivity index (χ0v) is 10.3. The summed E-state index contributed by atoms with van der Waals surface area (Å²) in [5.74, 6) is -1.39. The highest BCUT2D eigenvalue weighted by molar-refractivity contribution is 6.33.